The summed E-state index contributed by atoms with van der Waals surface area (Å²) in [7, 11) is -1.04. The monoisotopic (exact) mass is 308 g/mol. The number of halogens is 1. The first kappa shape index (κ1) is 12.5. The summed E-state index contributed by atoms with van der Waals surface area (Å²) in [6, 6.07) is 17.6. The highest BCUT2D eigenvalue weighted by Crippen LogP contribution is 2.28. The van der Waals surface area contributed by atoms with Crippen molar-refractivity contribution in [2.24, 2.45) is 0 Å². The van der Waals surface area contributed by atoms with Gasteiger partial charge in [0.05, 0.1) is 20.9 Å². The molecule has 0 radical (unpaired) electrons. The van der Waals surface area contributed by atoms with Gasteiger partial charge in [-0.15, -0.1) is 0 Å². The van der Waals surface area contributed by atoms with E-state index in [0.717, 1.165) is 14.9 Å². The van der Waals surface area contributed by atoms with Crippen LogP contribution in [0.3, 0.4) is 0 Å². The lowest BCUT2D eigenvalue weighted by molar-refractivity contribution is 0.675. The van der Waals surface area contributed by atoms with Crippen molar-refractivity contribution in [3.63, 3.8) is 0 Å². The maximum atomic E-state index is 12.4. The molecule has 1 nitrogen and oxygen atoms in total. The van der Waals surface area contributed by atoms with Crippen LogP contribution in [0.2, 0.25) is 0 Å². The Morgan fingerprint density at radius 1 is 1.00 bits per heavy atom. The molecule has 2 atom stereocenters. The Hall–Kier alpha value is -0.930. The molecule has 2 rings (SSSR count). The van der Waals surface area contributed by atoms with Gasteiger partial charge in [-0.2, -0.15) is 0 Å². The molecule has 17 heavy (non-hydrogen) atoms. The average molecular weight is 309 g/mol. The second-order valence-electron chi connectivity index (χ2n) is 3.78. The van der Waals surface area contributed by atoms with Gasteiger partial charge in [0.15, 0.2) is 0 Å². The summed E-state index contributed by atoms with van der Waals surface area (Å²) in [5, 5.41) is -0.00472. The van der Waals surface area contributed by atoms with Crippen molar-refractivity contribution in [1.29, 1.82) is 0 Å². The van der Waals surface area contributed by atoms with E-state index in [1.807, 2.05) is 61.5 Å². The molecule has 2 aromatic rings. The molecule has 0 N–H and O–H groups in total. The van der Waals surface area contributed by atoms with Gasteiger partial charge in [-0.1, -0.05) is 42.5 Å². The van der Waals surface area contributed by atoms with Gasteiger partial charge in [0, 0.05) is 4.47 Å². The highest BCUT2D eigenvalue weighted by atomic mass is 79.9. The quantitative estimate of drug-likeness (QED) is 0.825. The zero-order valence-corrected chi connectivity index (χ0v) is 11.9. The molecule has 0 saturated carbocycles. The Kier molecular flexibility index (Phi) is 4.13. The fraction of sp³-hybridized carbons (Fsp3) is 0.143. The molecule has 0 heterocycles. The second kappa shape index (κ2) is 5.61. The van der Waals surface area contributed by atoms with Gasteiger partial charge >= 0.3 is 0 Å². The lowest BCUT2D eigenvalue weighted by atomic mass is 10.2. The van der Waals surface area contributed by atoms with E-state index in [1.54, 1.807) is 0 Å². The summed E-state index contributed by atoms with van der Waals surface area (Å²) in [4.78, 5) is 0.851. The predicted molar refractivity (Wildman–Crippen MR) is 75.4 cm³/mol. The van der Waals surface area contributed by atoms with Gasteiger partial charge in [-0.3, -0.25) is 4.21 Å². The SMILES string of the molecule is C[C@H](c1ccccc1)[S@@](=O)c1ccccc1Br. The van der Waals surface area contributed by atoms with E-state index in [-0.39, 0.29) is 5.25 Å². The number of benzene rings is 2. The summed E-state index contributed by atoms with van der Waals surface area (Å²) >= 11 is 3.44. The minimum Gasteiger partial charge on any atom is -0.254 e. The Balaban J connectivity index is 2.30. The first-order valence-electron chi connectivity index (χ1n) is 5.40. The first-order chi connectivity index (χ1) is 8.20. The molecule has 0 fully saturated rings. The van der Waals surface area contributed by atoms with E-state index in [4.69, 9.17) is 0 Å². The zero-order chi connectivity index (χ0) is 12.3. The van der Waals surface area contributed by atoms with Crippen LogP contribution in [0, 0.1) is 0 Å². The average Bonchev–Trinajstić information content (AvgIpc) is 2.39. The Bertz CT molecular complexity index is 525. The Labute approximate surface area is 112 Å². The molecule has 0 saturated heterocycles. The van der Waals surface area contributed by atoms with Gasteiger partial charge in [-0.05, 0) is 40.5 Å². The molecule has 2 aromatic carbocycles. The van der Waals surface area contributed by atoms with Gasteiger partial charge in [0.2, 0.25) is 0 Å². The van der Waals surface area contributed by atoms with Crippen LogP contribution in [-0.4, -0.2) is 4.21 Å². The number of rotatable bonds is 3. The smallest absolute Gasteiger partial charge is 0.0616 e. The van der Waals surface area contributed by atoms with Crippen molar-refractivity contribution in [2.45, 2.75) is 17.1 Å². The molecular weight excluding hydrogens is 296 g/mol. The molecule has 88 valence electrons. The van der Waals surface area contributed by atoms with Crippen LogP contribution < -0.4 is 0 Å². The summed E-state index contributed by atoms with van der Waals surface area (Å²) in [5.74, 6) is 0. The lowest BCUT2D eigenvalue weighted by Gasteiger charge is -2.12. The fourth-order valence-electron chi connectivity index (χ4n) is 1.65. The predicted octanol–water partition coefficient (Wildman–Crippen LogP) is 4.32. The number of hydrogen-bond donors (Lipinski definition) is 0. The van der Waals surface area contributed by atoms with Crippen molar-refractivity contribution >= 4 is 26.7 Å². The van der Waals surface area contributed by atoms with Crippen LogP contribution in [0.4, 0.5) is 0 Å². The standard InChI is InChI=1S/C14H13BrOS/c1-11(12-7-3-2-4-8-12)17(16)14-10-6-5-9-13(14)15/h2-11H,1H3/t11-,17-/m1/s1. The maximum absolute atomic E-state index is 12.4. The zero-order valence-electron chi connectivity index (χ0n) is 9.47. The topological polar surface area (TPSA) is 17.1 Å². The van der Waals surface area contributed by atoms with Crippen LogP contribution in [0.5, 0.6) is 0 Å². The van der Waals surface area contributed by atoms with E-state index in [2.05, 4.69) is 15.9 Å². The minimum atomic E-state index is -1.04. The van der Waals surface area contributed by atoms with Gasteiger partial charge in [-0.25, -0.2) is 0 Å². The van der Waals surface area contributed by atoms with Crippen LogP contribution in [0.1, 0.15) is 17.7 Å². The van der Waals surface area contributed by atoms with Crippen molar-refractivity contribution in [2.75, 3.05) is 0 Å². The second-order valence-corrected chi connectivity index (χ2v) is 6.38. The van der Waals surface area contributed by atoms with Gasteiger partial charge in [0.1, 0.15) is 0 Å². The van der Waals surface area contributed by atoms with E-state index in [9.17, 15) is 4.21 Å². The third-order valence-corrected chi connectivity index (χ3v) is 5.30. The van der Waals surface area contributed by atoms with Crippen LogP contribution in [0.15, 0.2) is 64.0 Å². The Morgan fingerprint density at radius 3 is 2.24 bits per heavy atom. The molecule has 3 heteroatoms. The van der Waals surface area contributed by atoms with Crippen molar-refractivity contribution in [3.05, 3.63) is 64.6 Å². The first-order valence-corrected chi connectivity index (χ1v) is 7.41. The Morgan fingerprint density at radius 2 is 1.59 bits per heavy atom. The van der Waals surface area contributed by atoms with E-state index >= 15 is 0 Å². The van der Waals surface area contributed by atoms with Crippen LogP contribution in [0.25, 0.3) is 0 Å². The molecule has 0 aliphatic heterocycles. The minimum absolute atomic E-state index is 0.00472. The third-order valence-electron chi connectivity index (χ3n) is 2.64. The summed E-state index contributed by atoms with van der Waals surface area (Å²) in [6.45, 7) is 1.99. The molecule has 0 unspecified atom stereocenters. The lowest BCUT2D eigenvalue weighted by Crippen LogP contribution is -2.03. The molecule has 0 spiro atoms. The summed E-state index contributed by atoms with van der Waals surface area (Å²) in [6.07, 6.45) is 0. The largest absolute Gasteiger partial charge is 0.254 e. The van der Waals surface area contributed by atoms with Gasteiger partial charge in [0.25, 0.3) is 0 Å². The summed E-state index contributed by atoms with van der Waals surface area (Å²) in [5.41, 5.74) is 1.10. The highest BCUT2D eigenvalue weighted by Gasteiger charge is 2.16. The molecule has 0 aliphatic rings. The van der Waals surface area contributed by atoms with Crippen LogP contribution >= 0.6 is 15.9 Å². The van der Waals surface area contributed by atoms with E-state index in [1.165, 1.54) is 0 Å². The van der Waals surface area contributed by atoms with E-state index in [0.29, 0.717) is 0 Å². The van der Waals surface area contributed by atoms with Crippen LogP contribution in [-0.2, 0) is 10.8 Å². The van der Waals surface area contributed by atoms with Crippen molar-refractivity contribution < 1.29 is 4.21 Å². The van der Waals surface area contributed by atoms with Crippen molar-refractivity contribution in [3.8, 4) is 0 Å². The fourth-order valence-corrected chi connectivity index (χ4v) is 3.67. The third kappa shape index (κ3) is 2.85. The van der Waals surface area contributed by atoms with Gasteiger partial charge < -0.3 is 0 Å². The molecule has 0 bridgehead atoms. The molecule has 0 aromatic heterocycles. The van der Waals surface area contributed by atoms with Crippen molar-refractivity contribution in [1.82, 2.24) is 0 Å². The highest BCUT2D eigenvalue weighted by molar-refractivity contribution is 9.10. The van der Waals surface area contributed by atoms with E-state index < -0.39 is 10.8 Å². The molecule has 0 amide bonds. The maximum Gasteiger partial charge on any atom is 0.0616 e. The summed E-state index contributed by atoms with van der Waals surface area (Å²) < 4.78 is 13.4. The normalized spacial score (nSPS) is 14.2. The molecule has 0 aliphatic carbocycles. The number of hydrogen-bond acceptors (Lipinski definition) is 1. The molecular formula is C14H13BrOS.